The summed E-state index contributed by atoms with van der Waals surface area (Å²) in [5.41, 5.74) is 0. The minimum atomic E-state index is -0.825. The number of carbonyl (C=O) groups excluding carboxylic acids is 1. The van der Waals surface area contributed by atoms with Gasteiger partial charge in [-0.3, -0.25) is 9.59 Å². The van der Waals surface area contributed by atoms with Crippen LogP contribution in [0.3, 0.4) is 0 Å². The Kier molecular flexibility index (Phi) is 2.44. The van der Waals surface area contributed by atoms with Crippen molar-refractivity contribution in [1.29, 1.82) is 0 Å². The lowest BCUT2D eigenvalue weighted by molar-refractivity contribution is -0.141. The molecule has 4 atom stereocenters. The standard InChI is InChI=1S/C11H17NO3/c1-6-4-12(5-7(6)2)10(13)8-3-9(8)11(14)15/h6-9H,3-5H2,1-2H3,(H,14,15). The van der Waals surface area contributed by atoms with Crippen LogP contribution < -0.4 is 0 Å². The molecule has 2 rings (SSSR count). The summed E-state index contributed by atoms with van der Waals surface area (Å²) in [6, 6.07) is 0. The molecule has 1 heterocycles. The molecule has 0 spiro atoms. The quantitative estimate of drug-likeness (QED) is 0.735. The molecular formula is C11H17NO3. The van der Waals surface area contributed by atoms with E-state index in [-0.39, 0.29) is 11.8 Å². The molecule has 2 aliphatic rings. The molecule has 4 heteroatoms. The smallest absolute Gasteiger partial charge is 0.307 e. The van der Waals surface area contributed by atoms with E-state index in [0.717, 1.165) is 13.1 Å². The van der Waals surface area contributed by atoms with E-state index in [1.807, 2.05) is 4.90 Å². The average Bonchev–Trinajstić information content (AvgIpc) is 2.89. The van der Waals surface area contributed by atoms with Crippen LogP contribution in [0.2, 0.25) is 0 Å². The first-order valence-corrected chi connectivity index (χ1v) is 5.52. The highest BCUT2D eigenvalue weighted by atomic mass is 16.4. The van der Waals surface area contributed by atoms with E-state index in [9.17, 15) is 9.59 Å². The topological polar surface area (TPSA) is 57.6 Å². The molecular weight excluding hydrogens is 194 g/mol. The fourth-order valence-electron chi connectivity index (χ4n) is 2.28. The number of likely N-dealkylation sites (tertiary alicyclic amines) is 1. The van der Waals surface area contributed by atoms with Crippen LogP contribution in [0.4, 0.5) is 0 Å². The Hall–Kier alpha value is -1.06. The number of amides is 1. The normalized spacial score (nSPS) is 39.2. The Labute approximate surface area is 89.3 Å². The van der Waals surface area contributed by atoms with E-state index in [1.165, 1.54) is 0 Å². The fraction of sp³-hybridized carbons (Fsp3) is 0.818. The van der Waals surface area contributed by atoms with E-state index in [0.29, 0.717) is 18.3 Å². The number of hydrogen-bond donors (Lipinski definition) is 1. The van der Waals surface area contributed by atoms with E-state index < -0.39 is 11.9 Å². The Morgan fingerprint density at radius 3 is 2.07 bits per heavy atom. The summed E-state index contributed by atoms with van der Waals surface area (Å²) in [4.78, 5) is 24.4. The Balaban J connectivity index is 1.91. The van der Waals surface area contributed by atoms with Gasteiger partial charge in [-0.25, -0.2) is 0 Å². The monoisotopic (exact) mass is 211 g/mol. The van der Waals surface area contributed by atoms with E-state index in [1.54, 1.807) is 0 Å². The van der Waals surface area contributed by atoms with Crippen LogP contribution in [0, 0.1) is 23.7 Å². The summed E-state index contributed by atoms with van der Waals surface area (Å²) in [6.45, 7) is 5.87. The molecule has 15 heavy (non-hydrogen) atoms. The molecule has 4 unspecified atom stereocenters. The molecule has 1 saturated heterocycles. The van der Waals surface area contributed by atoms with Crippen LogP contribution in [0.1, 0.15) is 20.3 Å². The van der Waals surface area contributed by atoms with Gasteiger partial charge in [0.1, 0.15) is 0 Å². The number of hydrogen-bond acceptors (Lipinski definition) is 2. The van der Waals surface area contributed by atoms with Crippen LogP contribution in [0.5, 0.6) is 0 Å². The third-order valence-electron chi connectivity index (χ3n) is 3.72. The van der Waals surface area contributed by atoms with Crippen LogP contribution in [-0.2, 0) is 9.59 Å². The van der Waals surface area contributed by atoms with Gasteiger partial charge in [-0.15, -0.1) is 0 Å². The summed E-state index contributed by atoms with van der Waals surface area (Å²) >= 11 is 0. The number of rotatable bonds is 2. The highest BCUT2D eigenvalue weighted by molar-refractivity contribution is 5.89. The van der Waals surface area contributed by atoms with Crippen molar-refractivity contribution < 1.29 is 14.7 Å². The predicted octanol–water partition coefficient (Wildman–Crippen LogP) is 0.821. The number of carboxylic acid groups (broad SMARTS) is 1. The second kappa shape index (κ2) is 3.51. The van der Waals surface area contributed by atoms with Gasteiger partial charge in [-0.05, 0) is 18.3 Å². The molecule has 84 valence electrons. The molecule has 1 N–H and O–H groups in total. The Morgan fingerprint density at radius 2 is 1.67 bits per heavy atom. The largest absolute Gasteiger partial charge is 0.481 e. The summed E-state index contributed by atoms with van der Waals surface area (Å²) in [5.74, 6) is -0.345. The van der Waals surface area contributed by atoms with Crippen molar-refractivity contribution in [2.45, 2.75) is 20.3 Å². The minimum Gasteiger partial charge on any atom is -0.481 e. The van der Waals surface area contributed by atoms with Crippen molar-refractivity contribution in [3.8, 4) is 0 Å². The maximum absolute atomic E-state index is 11.9. The van der Waals surface area contributed by atoms with Gasteiger partial charge in [0.05, 0.1) is 11.8 Å². The van der Waals surface area contributed by atoms with Crippen molar-refractivity contribution in [2.75, 3.05) is 13.1 Å². The van der Waals surface area contributed by atoms with E-state index in [4.69, 9.17) is 5.11 Å². The molecule has 1 aliphatic heterocycles. The molecule has 4 nitrogen and oxygen atoms in total. The van der Waals surface area contributed by atoms with Crippen molar-refractivity contribution in [2.24, 2.45) is 23.7 Å². The van der Waals surface area contributed by atoms with Gasteiger partial charge in [0, 0.05) is 13.1 Å². The molecule has 1 amide bonds. The molecule has 0 bridgehead atoms. The molecule has 0 aromatic rings. The number of aliphatic carboxylic acids is 1. The third kappa shape index (κ3) is 1.85. The van der Waals surface area contributed by atoms with Crippen molar-refractivity contribution >= 4 is 11.9 Å². The van der Waals surface area contributed by atoms with Crippen molar-refractivity contribution in [3.05, 3.63) is 0 Å². The molecule has 2 fully saturated rings. The van der Waals surface area contributed by atoms with E-state index >= 15 is 0 Å². The van der Waals surface area contributed by atoms with Gasteiger partial charge in [0.25, 0.3) is 0 Å². The summed E-state index contributed by atoms with van der Waals surface area (Å²) < 4.78 is 0. The van der Waals surface area contributed by atoms with E-state index in [2.05, 4.69) is 13.8 Å². The first kappa shape index (κ1) is 10.5. The van der Waals surface area contributed by atoms with Crippen LogP contribution in [0.25, 0.3) is 0 Å². The molecule has 0 radical (unpaired) electrons. The highest BCUT2D eigenvalue weighted by Crippen LogP contribution is 2.41. The lowest BCUT2D eigenvalue weighted by Gasteiger charge is -2.15. The number of nitrogens with zero attached hydrogens (tertiary/aromatic N) is 1. The first-order valence-electron chi connectivity index (χ1n) is 5.52. The molecule has 1 saturated carbocycles. The average molecular weight is 211 g/mol. The van der Waals surface area contributed by atoms with Crippen LogP contribution in [0.15, 0.2) is 0 Å². The SMILES string of the molecule is CC1CN(C(=O)C2CC2C(=O)O)CC1C. The number of carbonyl (C=O) groups is 2. The molecule has 0 aromatic heterocycles. The second-order valence-electron chi connectivity index (χ2n) is 4.98. The molecule has 1 aliphatic carbocycles. The van der Waals surface area contributed by atoms with Crippen LogP contribution >= 0.6 is 0 Å². The summed E-state index contributed by atoms with van der Waals surface area (Å²) in [7, 11) is 0. The van der Waals surface area contributed by atoms with Gasteiger partial charge < -0.3 is 10.0 Å². The van der Waals surface area contributed by atoms with Gasteiger partial charge in [-0.1, -0.05) is 13.8 Å². The Morgan fingerprint density at radius 1 is 1.13 bits per heavy atom. The second-order valence-corrected chi connectivity index (χ2v) is 4.98. The zero-order valence-corrected chi connectivity index (χ0v) is 9.14. The fourth-order valence-corrected chi connectivity index (χ4v) is 2.28. The van der Waals surface area contributed by atoms with Crippen LogP contribution in [-0.4, -0.2) is 35.0 Å². The minimum absolute atomic E-state index is 0.0543. The van der Waals surface area contributed by atoms with Gasteiger partial charge in [0.2, 0.25) is 5.91 Å². The van der Waals surface area contributed by atoms with Crippen molar-refractivity contribution in [3.63, 3.8) is 0 Å². The Bertz CT molecular complexity index is 292. The predicted molar refractivity (Wildman–Crippen MR) is 54.1 cm³/mol. The maximum atomic E-state index is 11.9. The maximum Gasteiger partial charge on any atom is 0.307 e. The lowest BCUT2D eigenvalue weighted by atomic mass is 10.0. The third-order valence-corrected chi connectivity index (χ3v) is 3.72. The zero-order valence-electron chi connectivity index (χ0n) is 9.14. The summed E-state index contributed by atoms with van der Waals surface area (Å²) in [6.07, 6.45) is 0.535. The first-order chi connectivity index (χ1) is 7.00. The lowest BCUT2D eigenvalue weighted by Crippen LogP contribution is -2.31. The van der Waals surface area contributed by atoms with Crippen molar-refractivity contribution in [1.82, 2.24) is 4.90 Å². The highest BCUT2D eigenvalue weighted by Gasteiger charge is 2.50. The van der Waals surface area contributed by atoms with Gasteiger partial charge >= 0.3 is 5.97 Å². The van der Waals surface area contributed by atoms with Gasteiger partial charge in [0.15, 0.2) is 0 Å². The zero-order chi connectivity index (χ0) is 11.2. The molecule has 0 aromatic carbocycles. The van der Waals surface area contributed by atoms with Gasteiger partial charge in [-0.2, -0.15) is 0 Å². The summed E-state index contributed by atoms with van der Waals surface area (Å²) in [5, 5.41) is 8.75. The number of carboxylic acids is 1.